The number of likely N-dealkylation sites (N-methyl/N-ethyl adjacent to an activating group) is 1. The van der Waals surface area contributed by atoms with Crippen LogP contribution < -0.4 is 9.47 Å². The highest BCUT2D eigenvalue weighted by Gasteiger charge is 2.21. The molecule has 2 heterocycles. The number of piperazine rings is 1. The van der Waals surface area contributed by atoms with Crippen molar-refractivity contribution in [2.45, 2.75) is 20.8 Å². The van der Waals surface area contributed by atoms with Crippen molar-refractivity contribution in [3.8, 4) is 22.6 Å². The predicted molar refractivity (Wildman–Crippen MR) is 132 cm³/mol. The second-order valence-corrected chi connectivity index (χ2v) is 8.52. The third-order valence-corrected chi connectivity index (χ3v) is 6.31. The number of hydrogen-bond donors (Lipinski definition) is 0. The fourth-order valence-electron chi connectivity index (χ4n) is 4.31. The van der Waals surface area contributed by atoms with Crippen molar-refractivity contribution >= 4 is 22.4 Å². The minimum absolute atomic E-state index is 0.0448. The zero-order chi connectivity index (χ0) is 23.5. The van der Waals surface area contributed by atoms with Crippen LogP contribution in [0.15, 0.2) is 47.1 Å². The summed E-state index contributed by atoms with van der Waals surface area (Å²) in [6.07, 6.45) is 3.52. The highest BCUT2D eigenvalue weighted by Crippen LogP contribution is 2.41. The first kappa shape index (κ1) is 22.9. The van der Waals surface area contributed by atoms with Gasteiger partial charge < -0.3 is 23.7 Å². The number of carbonyl (C=O) groups is 1. The van der Waals surface area contributed by atoms with Gasteiger partial charge in [-0.2, -0.15) is 0 Å². The molecule has 0 radical (unpaired) electrons. The Hall–Kier alpha value is -3.25. The van der Waals surface area contributed by atoms with Gasteiger partial charge in [-0.3, -0.25) is 4.79 Å². The lowest BCUT2D eigenvalue weighted by Crippen LogP contribution is -2.46. The van der Waals surface area contributed by atoms with E-state index >= 15 is 0 Å². The molecule has 1 aliphatic rings. The first-order chi connectivity index (χ1) is 15.9. The molecule has 0 aliphatic carbocycles. The predicted octanol–water partition coefficient (Wildman–Crippen LogP) is 4.99. The van der Waals surface area contributed by atoms with Gasteiger partial charge in [0.05, 0.1) is 20.0 Å². The summed E-state index contributed by atoms with van der Waals surface area (Å²) in [5.41, 5.74) is 5.57. The highest BCUT2D eigenvalue weighted by molar-refractivity contribution is 6.01. The fraction of sp³-hybridized carbons (Fsp3) is 0.370. The fourth-order valence-corrected chi connectivity index (χ4v) is 4.31. The van der Waals surface area contributed by atoms with Gasteiger partial charge in [-0.15, -0.1) is 0 Å². The first-order valence-electron chi connectivity index (χ1n) is 11.4. The van der Waals surface area contributed by atoms with E-state index in [-0.39, 0.29) is 5.91 Å². The summed E-state index contributed by atoms with van der Waals surface area (Å²) in [5, 5.41) is 0.996. The molecular weight excluding hydrogens is 416 g/mol. The molecule has 6 nitrogen and oxygen atoms in total. The summed E-state index contributed by atoms with van der Waals surface area (Å²) in [4.78, 5) is 17.1. The average molecular weight is 449 g/mol. The summed E-state index contributed by atoms with van der Waals surface area (Å²) >= 11 is 0. The Bertz CT molecular complexity index is 1170. The van der Waals surface area contributed by atoms with Crippen molar-refractivity contribution in [1.82, 2.24) is 9.80 Å². The van der Waals surface area contributed by atoms with Crippen LogP contribution in [0.25, 0.3) is 27.7 Å². The number of allylic oxidation sites excluding steroid dienone is 1. The van der Waals surface area contributed by atoms with Gasteiger partial charge in [0.15, 0.2) is 0 Å². The van der Waals surface area contributed by atoms with E-state index in [1.807, 2.05) is 49.9 Å². The molecule has 2 aromatic carbocycles. The Morgan fingerprint density at radius 3 is 2.48 bits per heavy atom. The minimum Gasteiger partial charge on any atom is -0.497 e. The second-order valence-electron chi connectivity index (χ2n) is 8.52. The normalized spacial score (nSPS) is 15.2. The van der Waals surface area contributed by atoms with Crippen molar-refractivity contribution in [3.63, 3.8) is 0 Å². The Labute approximate surface area is 195 Å². The molecule has 0 N–H and O–H groups in total. The van der Waals surface area contributed by atoms with Gasteiger partial charge in [-0.1, -0.05) is 12.1 Å². The Balaban J connectivity index is 1.77. The summed E-state index contributed by atoms with van der Waals surface area (Å²) < 4.78 is 17.3. The molecular formula is C27H32N2O4. The number of benzene rings is 2. The van der Waals surface area contributed by atoms with Gasteiger partial charge in [-0.25, -0.2) is 0 Å². The molecule has 0 atom stereocenters. The largest absolute Gasteiger partial charge is 0.497 e. The molecule has 0 saturated carbocycles. The number of carbonyl (C=O) groups excluding carboxylic acids is 1. The SMILES string of the molecule is CCOc1c(/C(C)=C/C(=O)N2CCN(C)CC2)cc2c(-c3ccc(OC)cc3)coc2c1C. The number of furan rings is 1. The van der Waals surface area contributed by atoms with Crippen molar-refractivity contribution in [3.05, 3.63) is 53.8 Å². The van der Waals surface area contributed by atoms with Crippen LogP contribution in [-0.2, 0) is 4.79 Å². The molecule has 1 aromatic heterocycles. The number of hydrogen-bond acceptors (Lipinski definition) is 5. The molecule has 1 aliphatic heterocycles. The summed E-state index contributed by atoms with van der Waals surface area (Å²) in [5.74, 6) is 1.62. The average Bonchev–Trinajstić information content (AvgIpc) is 3.25. The number of ether oxygens (including phenoxy) is 2. The molecule has 4 rings (SSSR count). The lowest BCUT2D eigenvalue weighted by molar-refractivity contribution is -0.127. The zero-order valence-corrected chi connectivity index (χ0v) is 20.1. The van der Waals surface area contributed by atoms with Crippen LogP contribution in [0.4, 0.5) is 0 Å². The maximum Gasteiger partial charge on any atom is 0.246 e. The third kappa shape index (κ3) is 4.62. The Morgan fingerprint density at radius 1 is 1.15 bits per heavy atom. The van der Waals surface area contributed by atoms with Gasteiger partial charge in [0, 0.05) is 54.3 Å². The van der Waals surface area contributed by atoms with E-state index in [1.165, 1.54) is 0 Å². The van der Waals surface area contributed by atoms with Crippen LogP contribution in [0.3, 0.4) is 0 Å². The smallest absolute Gasteiger partial charge is 0.246 e. The third-order valence-electron chi connectivity index (χ3n) is 6.31. The molecule has 6 heteroatoms. The summed E-state index contributed by atoms with van der Waals surface area (Å²) in [6.45, 7) is 9.77. The lowest BCUT2D eigenvalue weighted by atomic mass is 9.96. The Kier molecular flexibility index (Phi) is 6.75. The van der Waals surface area contributed by atoms with E-state index in [9.17, 15) is 4.79 Å². The molecule has 0 spiro atoms. The summed E-state index contributed by atoms with van der Waals surface area (Å²) in [6, 6.07) is 10.0. The van der Waals surface area contributed by atoms with E-state index in [4.69, 9.17) is 13.9 Å². The van der Waals surface area contributed by atoms with E-state index in [2.05, 4.69) is 18.0 Å². The zero-order valence-electron chi connectivity index (χ0n) is 20.1. The van der Waals surface area contributed by atoms with Crippen LogP contribution in [0, 0.1) is 6.92 Å². The monoisotopic (exact) mass is 448 g/mol. The number of nitrogens with zero attached hydrogens (tertiary/aromatic N) is 2. The van der Waals surface area contributed by atoms with Gasteiger partial charge in [0.2, 0.25) is 5.91 Å². The maximum atomic E-state index is 13.0. The number of fused-ring (bicyclic) bond motifs is 1. The van der Waals surface area contributed by atoms with Crippen molar-refractivity contribution in [1.29, 1.82) is 0 Å². The molecule has 3 aromatic rings. The van der Waals surface area contributed by atoms with Gasteiger partial charge in [0.1, 0.15) is 17.1 Å². The summed E-state index contributed by atoms with van der Waals surface area (Å²) in [7, 11) is 3.74. The van der Waals surface area contributed by atoms with Gasteiger partial charge in [-0.05, 0) is 57.2 Å². The molecule has 1 saturated heterocycles. The lowest BCUT2D eigenvalue weighted by Gasteiger charge is -2.31. The van der Waals surface area contributed by atoms with Crippen LogP contribution in [-0.4, -0.2) is 62.7 Å². The molecule has 1 amide bonds. The minimum atomic E-state index is 0.0448. The van der Waals surface area contributed by atoms with Crippen molar-refractivity contribution in [2.24, 2.45) is 0 Å². The number of methoxy groups -OCH3 is 1. The molecule has 0 unspecified atom stereocenters. The van der Waals surface area contributed by atoms with Crippen molar-refractivity contribution in [2.75, 3.05) is 46.9 Å². The second kappa shape index (κ2) is 9.71. The van der Waals surface area contributed by atoms with E-state index < -0.39 is 0 Å². The van der Waals surface area contributed by atoms with E-state index in [0.29, 0.717) is 6.61 Å². The molecule has 174 valence electrons. The Morgan fingerprint density at radius 2 is 1.85 bits per heavy atom. The topological polar surface area (TPSA) is 55.2 Å². The number of rotatable bonds is 6. The molecule has 0 bridgehead atoms. The number of amides is 1. The van der Waals surface area contributed by atoms with Crippen molar-refractivity contribution < 1.29 is 18.7 Å². The van der Waals surface area contributed by atoms with E-state index in [1.54, 1.807) is 19.4 Å². The van der Waals surface area contributed by atoms with E-state index in [0.717, 1.165) is 76.5 Å². The van der Waals surface area contributed by atoms with Gasteiger partial charge in [0.25, 0.3) is 0 Å². The molecule has 33 heavy (non-hydrogen) atoms. The maximum absolute atomic E-state index is 13.0. The number of aryl methyl sites for hydroxylation is 1. The standard InChI is InChI=1S/C27H32N2O4/c1-6-32-26-19(3)27-23(24(17-33-27)20-7-9-21(31-5)10-8-20)16-22(26)18(2)15-25(30)29-13-11-28(4)12-14-29/h7-10,15-17H,6,11-14H2,1-5H3/b18-15+. The van der Waals surface area contributed by atoms with Crippen LogP contribution >= 0.6 is 0 Å². The quantitative estimate of drug-likeness (QED) is 0.497. The van der Waals surface area contributed by atoms with Crippen LogP contribution in [0.5, 0.6) is 11.5 Å². The highest BCUT2D eigenvalue weighted by atomic mass is 16.5. The van der Waals surface area contributed by atoms with Crippen LogP contribution in [0.1, 0.15) is 25.0 Å². The van der Waals surface area contributed by atoms with Crippen LogP contribution in [0.2, 0.25) is 0 Å². The first-order valence-corrected chi connectivity index (χ1v) is 11.4. The van der Waals surface area contributed by atoms with Gasteiger partial charge >= 0.3 is 0 Å². The molecule has 1 fully saturated rings.